The van der Waals surface area contributed by atoms with Gasteiger partial charge in [0.1, 0.15) is 0 Å². The Balaban J connectivity index is 0.00000392. The number of halogens is 4. The summed E-state index contributed by atoms with van der Waals surface area (Å²) in [5.41, 5.74) is 0. The Bertz CT molecular complexity index is 455. The van der Waals surface area contributed by atoms with E-state index in [0.29, 0.717) is 25.5 Å². The fourth-order valence-corrected chi connectivity index (χ4v) is 3.73. The van der Waals surface area contributed by atoms with Crippen LogP contribution in [0, 0.1) is 0 Å². The van der Waals surface area contributed by atoms with Crippen molar-refractivity contribution in [1.82, 2.24) is 25.3 Å². The molecular formula is C18H36F3IN6. The van der Waals surface area contributed by atoms with E-state index in [1.807, 2.05) is 0 Å². The molecule has 10 heteroatoms. The second-order valence-corrected chi connectivity index (χ2v) is 7.46. The Morgan fingerprint density at radius 3 is 2.32 bits per heavy atom. The summed E-state index contributed by atoms with van der Waals surface area (Å²) in [5.74, 6) is 0.686. The maximum absolute atomic E-state index is 12.5. The first kappa shape index (κ1) is 25.7. The number of unbranched alkanes of at least 4 members (excludes halogenated alkanes) is 1. The molecule has 0 spiro atoms. The second kappa shape index (κ2) is 13.1. The second-order valence-electron chi connectivity index (χ2n) is 7.46. The van der Waals surface area contributed by atoms with Crippen molar-refractivity contribution >= 4 is 29.9 Å². The first-order chi connectivity index (χ1) is 12.9. The van der Waals surface area contributed by atoms with Crippen molar-refractivity contribution in [2.75, 3.05) is 72.5 Å². The van der Waals surface area contributed by atoms with Crippen LogP contribution >= 0.6 is 24.0 Å². The molecule has 0 bridgehead atoms. The molecular weight excluding hydrogens is 484 g/mol. The molecule has 0 aliphatic carbocycles. The van der Waals surface area contributed by atoms with Crippen molar-refractivity contribution in [2.24, 2.45) is 4.99 Å². The number of likely N-dealkylation sites (N-methyl/N-ethyl adjacent to an activating group) is 1. The van der Waals surface area contributed by atoms with Crippen molar-refractivity contribution in [2.45, 2.75) is 38.4 Å². The van der Waals surface area contributed by atoms with E-state index in [1.165, 1.54) is 4.90 Å². The van der Waals surface area contributed by atoms with Crippen LogP contribution in [0.3, 0.4) is 0 Å². The van der Waals surface area contributed by atoms with Crippen molar-refractivity contribution in [3.63, 3.8) is 0 Å². The lowest BCUT2D eigenvalue weighted by atomic mass is 10.2. The quantitative estimate of drug-likeness (QED) is 0.222. The highest BCUT2D eigenvalue weighted by atomic mass is 127. The third kappa shape index (κ3) is 9.93. The van der Waals surface area contributed by atoms with Gasteiger partial charge in [0.15, 0.2) is 5.96 Å². The van der Waals surface area contributed by atoms with Gasteiger partial charge in [-0.1, -0.05) is 6.92 Å². The van der Waals surface area contributed by atoms with E-state index in [2.05, 4.69) is 32.3 Å². The normalized spacial score (nSPS) is 22.9. The van der Waals surface area contributed by atoms with Crippen molar-refractivity contribution in [3.05, 3.63) is 0 Å². The summed E-state index contributed by atoms with van der Waals surface area (Å²) >= 11 is 0. The number of hydrogen-bond donors (Lipinski definition) is 2. The Hall–Kier alpha value is -0.330. The molecule has 2 heterocycles. The van der Waals surface area contributed by atoms with Gasteiger partial charge in [0.25, 0.3) is 0 Å². The summed E-state index contributed by atoms with van der Waals surface area (Å²) in [7, 11) is 1.70. The zero-order valence-electron chi connectivity index (χ0n) is 17.1. The largest absolute Gasteiger partial charge is 0.401 e. The molecule has 0 amide bonds. The molecule has 166 valence electrons. The van der Waals surface area contributed by atoms with Gasteiger partial charge in [0, 0.05) is 58.9 Å². The van der Waals surface area contributed by atoms with E-state index in [1.54, 1.807) is 7.05 Å². The molecule has 1 unspecified atom stereocenters. The lowest BCUT2D eigenvalue weighted by Gasteiger charge is -2.34. The van der Waals surface area contributed by atoms with Crippen LogP contribution in [-0.4, -0.2) is 105 Å². The number of rotatable bonds is 8. The monoisotopic (exact) mass is 520 g/mol. The van der Waals surface area contributed by atoms with Gasteiger partial charge >= 0.3 is 6.18 Å². The van der Waals surface area contributed by atoms with Gasteiger partial charge in [-0.2, -0.15) is 13.2 Å². The number of piperazine rings is 1. The molecule has 28 heavy (non-hydrogen) atoms. The van der Waals surface area contributed by atoms with Crippen LogP contribution in [-0.2, 0) is 0 Å². The highest BCUT2D eigenvalue weighted by molar-refractivity contribution is 14.0. The number of likely N-dealkylation sites (tertiary alicyclic amines) is 1. The lowest BCUT2D eigenvalue weighted by molar-refractivity contribution is -0.143. The van der Waals surface area contributed by atoms with Crippen LogP contribution in [0.4, 0.5) is 13.2 Å². The zero-order chi connectivity index (χ0) is 19.7. The van der Waals surface area contributed by atoms with E-state index in [4.69, 9.17) is 0 Å². The summed E-state index contributed by atoms with van der Waals surface area (Å²) in [4.78, 5) is 10.6. The third-order valence-electron chi connectivity index (χ3n) is 5.35. The van der Waals surface area contributed by atoms with E-state index in [-0.39, 0.29) is 30.0 Å². The Morgan fingerprint density at radius 1 is 1.04 bits per heavy atom. The van der Waals surface area contributed by atoms with Crippen molar-refractivity contribution in [1.29, 1.82) is 0 Å². The maximum Gasteiger partial charge on any atom is 0.401 e. The van der Waals surface area contributed by atoms with Gasteiger partial charge < -0.3 is 20.4 Å². The van der Waals surface area contributed by atoms with Crippen molar-refractivity contribution in [3.8, 4) is 0 Å². The Labute approximate surface area is 184 Å². The zero-order valence-corrected chi connectivity index (χ0v) is 19.4. The molecule has 2 N–H and O–H groups in total. The number of nitrogens with one attached hydrogen (secondary N) is 2. The molecule has 6 nitrogen and oxygen atoms in total. The van der Waals surface area contributed by atoms with Gasteiger partial charge in [-0.05, 0) is 32.4 Å². The van der Waals surface area contributed by atoms with Gasteiger partial charge in [-0.3, -0.25) is 9.89 Å². The fourth-order valence-electron chi connectivity index (χ4n) is 3.73. The molecule has 0 aromatic heterocycles. The van der Waals surface area contributed by atoms with E-state index < -0.39 is 12.7 Å². The molecule has 1 atom stereocenters. The highest BCUT2D eigenvalue weighted by Crippen LogP contribution is 2.19. The number of guanidine groups is 1. The summed E-state index contributed by atoms with van der Waals surface area (Å²) in [5, 5.41) is 6.53. The summed E-state index contributed by atoms with van der Waals surface area (Å²) < 4.78 is 37.4. The number of aliphatic imine (C=N–C) groups is 1. The molecule has 0 aromatic rings. The average Bonchev–Trinajstić information content (AvgIpc) is 3.05. The van der Waals surface area contributed by atoms with E-state index in [9.17, 15) is 13.2 Å². The van der Waals surface area contributed by atoms with E-state index in [0.717, 1.165) is 58.7 Å². The minimum Gasteiger partial charge on any atom is -0.356 e. The first-order valence-corrected chi connectivity index (χ1v) is 10.1. The van der Waals surface area contributed by atoms with Crippen LogP contribution in [0.5, 0.6) is 0 Å². The van der Waals surface area contributed by atoms with Gasteiger partial charge in [0.2, 0.25) is 0 Å². The maximum atomic E-state index is 12.5. The fraction of sp³-hybridized carbons (Fsp3) is 0.944. The van der Waals surface area contributed by atoms with Crippen LogP contribution in [0.25, 0.3) is 0 Å². The Morgan fingerprint density at radius 2 is 1.71 bits per heavy atom. The summed E-state index contributed by atoms with van der Waals surface area (Å²) in [6.07, 6.45) is -1.23. The molecule has 0 aromatic carbocycles. The van der Waals surface area contributed by atoms with Crippen LogP contribution in [0.2, 0.25) is 0 Å². The number of nitrogens with zero attached hydrogens (tertiary/aromatic N) is 4. The topological polar surface area (TPSA) is 46.1 Å². The van der Waals surface area contributed by atoms with Gasteiger partial charge in [-0.15, -0.1) is 24.0 Å². The first-order valence-electron chi connectivity index (χ1n) is 10.1. The molecule has 0 saturated carbocycles. The van der Waals surface area contributed by atoms with Gasteiger partial charge in [-0.25, -0.2) is 0 Å². The minimum atomic E-state index is -4.13. The molecule has 2 aliphatic rings. The van der Waals surface area contributed by atoms with Crippen LogP contribution < -0.4 is 10.6 Å². The number of alkyl halides is 3. The predicted molar refractivity (Wildman–Crippen MR) is 119 cm³/mol. The summed E-state index contributed by atoms with van der Waals surface area (Å²) in [6.45, 7) is 9.98. The Kier molecular flexibility index (Phi) is 12.0. The van der Waals surface area contributed by atoms with Gasteiger partial charge in [0.05, 0.1) is 6.54 Å². The van der Waals surface area contributed by atoms with Crippen molar-refractivity contribution < 1.29 is 13.2 Å². The SMILES string of the molecule is CCN1CCN(CCCCNC(=NC)NC2CCN(CC(F)(F)F)C2)CC1.I. The average molecular weight is 520 g/mol. The van der Waals surface area contributed by atoms with Crippen LogP contribution in [0.1, 0.15) is 26.2 Å². The molecule has 2 rings (SSSR count). The predicted octanol–water partition coefficient (Wildman–Crippen LogP) is 1.82. The summed E-state index contributed by atoms with van der Waals surface area (Å²) in [6, 6.07) is 0.0217. The molecule has 2 aliphatic heterocycles. The molecule has 0 radical (unpaired) electrons. The smallest absolute Gasteiger partial charge is 0.356 e. The lowest BCUT2D eigenvalue weighted by Crippen LogP contribution is -2.46. The van der Waals surface area contributed by atoms with E-state index >= 15 is 0 Å². The number of hydrogen-bond acceptors (Lipinski definition) is 4. The standard InChI is InChI=1S/C18H35F3N6.HI/c1-3-25-10-12-26(13-11-25)8-5-4-7-23-17(22-2)24-16-6-9-27(14-16)15-18(19,20)21;/h16H,3-15H2,1-2H3,(H2,22,23,24);1H. The van der Waals surface area contributed by atoms with Crippen LogP contribution in [0.15, 0.2) is 4.99 Å². The molecule has 2 saturated heterocycles. The minimum absolute atomic E-state index is 0. The third-order valence-corrected chi connectivity index (χ3v) is 5.35. The molecule has 2 fully saturated rings. The highest BCUT2D eigenvalue weighted by Gasteiger charge is 2.34.